The molecule has 0 N–H and O–H groups in total. The Balaban J connectivity index is 2.27. The van der Waals surface area contributed by atoms with Gasteiger partial charge in [0.05, 0.1) is 4.92 Å². The van der Waals surface area contributed by atoms with Crippen molar-refractivity contribution in [1.82, 2.24) is 4.90 Å². The highest BCUT2D eigenvalue weighted by Crippen LogP contribution is 2.26. The standard InChI is InChI=1S/C15H20N2O3/c1-3-16(13-6-4-5-7-13)15(18)12-9-8-11(2)14(10-12)17(19)20/h8-10,13H,3-7H2,1-2H3. The summed E-state index contributed by atoms with van der Waals surface area (Å²) in [6.45, 7) is 4.28. The van der Waals surface area contributed by atoms with E-state index in [2.05, 4.69) is 0 Å². The number of aryl methyl sites for hydroxylation is 1. The van der Waals surface area contributed by atoms with Crippen molar-refractivity contribution in [3.05, 3.63) is 39.4 Å². The molecule has 0 bridgehead atoms. The van der Waals surface area contributed by atoms with Gasteiger partial charge in [0, 0.05) is 29.8 Å². The van der Waals surface area contributed by atoms with Crippen LogP contribution in [0.25, 0.3) is 0 Å². The molecule has 1 saturated carbocycles. The van der Waals surface area contributed by atoms with Gasteiger partial charge >= 0.3 is 0 Å². The molecule has 0 atom stereocenters. The number of hydrogen-bond acceptors (Lipinski definition) is 3. The number of benzene rings is 1. The number of nitrogens with zero attached hydrogens (tertiary/aromatic N) is 2. The molecule has 0 saturated heterocycles. The van der Waals surface area contributed by atoms with Crippen molar-refractivity contribution in [2.24, 2.45) is 0 Å². The van der Waals surface area contributed by atoms with Crippen LogP contribution >= 0.6 is 0 Å². The summed E-state index contributed by atoms with van der Waals surface area (Å²) in [7, 11) is 0. The minimum absolute atomic E-state index is 0.0123. The van der Waals surface area contributed by atoms with Crippen molar-refractivity contribution in [1.29, 1.82) is 0 Å². The molecule has 5 nitrogen and oxygen atoms in total. The fourth-order valence-corrected chi connectivity index (χ4v) is 2.89. The van der Waals surface area contributed by atoms with Crippen LogP contribution in [0.5, 0.6) is 0 Å². The van der Waals surface area contributed by atoms with E-state index in [1.165, 1.54) is 6.07 Å². The van der Waals surface area contributed by atoms with Gasteiger partial charge in [0.1, 0.15) is 0 Å². The average molecular weight is 276 g/mol. The molecular formula is C15H20N2O3. The van der Waals surface area contributed by atoms with Crippen LogP contribution < -0.4 is 0 Å². The Kier molecular flexibility index (Phi) is 4.37. The van der Waals surface area contributed by atoms with Crippen molar-refractivity contribution in [3.63, 3.8) is 0 Å². The maximum atomic E-state index is 12.6. The van der Waals surface area contributed by atoms with Crippen molar-refractivity contribution >= 4 is 11.6 Å². The second-order valence-corrected chi connectivity index (χ2v) is 5.29. The summed E-state index contributed by atoms with van der Waals surface area (Å²) >= 11 is 0. The second-order valence-electron chi connectivity index (χ2n) is 5.29. The zero-order valence-corrected chi connectivity index (χ0v) is 12.0. The predicted octanol–water partition coefficient (Wildman–Crippen LogP) is 3.31. The molecule has 1 aliphatic rings. The normalized spacial score (nSPS) is 15.3. The number of carbonyl (C=O) groups is 1. The molecular weight excluding hydrogens is 256 g/mol. The maximum Gasteiger partial charge on any atom is 0.273 e. The van der Waals surface area contributed by atoms with Gasteiger partial charge in [-0.3, -0.25) is 14.9 Å². The minimum Gasteiger partial charge on any atom is -0.336 e. The summed E-state index contributed by atoms with van der Waals surface area (Å²) in [5.41, 5.74) is 1.00. The molecule has 108 valence electrons. The van der Waals surface area contributed by atoms with Gasteiger partial charge in [-0.25, -0.2) is 0 Å². The summed E-state index contributed by atoms with van der Waals surface area (Å²) in [6.07, 6.45) is 4.38. The summed E-state index contributed by atoms with van der Waals surface area (Å²) in [5, 5.41) is 11.0. The molecule has 1 aromatic rings. The highest BCUT2D eigenvalue weighted by molar-refractivity contribution is 5.95. The van der Waals surface area contributed by atoms with Crippen molar-refractivity contribution in [2.45, 2.75) is 45.6 Å². The smallest absolute Gasteiger partial charge is 0.273 e. The van der Waals surface area contributed by atoms with Crippen molar-refractivity contribution in [3.8, 4) is 0 Å². The van der Waals surface area contributed by atoms with E-state index in [4.69, 9.17) is 0 Å². The summed E-state index contributed by atoms with van der Waals surface area (Å²) in [6, 6.07) is 5.01. The molecule has 1 aromatic carbocycles. The Morgan fingerprint density at radius 3 is 2.60 bits per heavy atom. The number of nitro benzene ring substituents is 1. The van der Waals surface area contributed by atoms with Crippen molar-refractivity contribution < 1.29 is 9.72 Å². The highest BCUT2D eigenvalue weighted by Gasteiger charge is 2.27. The molecule has 0 unspecified atom stereocenters. The van der Waals surface area contributed by atoms with E-state index in [0.29, 0.717) is 17.7 Å². The third kappa shape index (κ3) is 2.81. The molecule has 0 spiro atoms. The van der Waals surface area contributed by atoms with E-state index in [0.717, 1.165) is 25.7 Å². The van der Waals surface area contributed by atoms with Crippen LogP contribution in [-0.2, 0) is 0 Å². The predicted molar refractivity (Wildman–Crippen MR) is 76.8 cm³/mol. The molecule has 1 fully saturated rings. The first-order valence-corrected chi connectivity index (χ1v) is 7.10. The van der Waals surface area contributed by atoms with Gasteiger partial charge in [-0.2, -0.15) is 0 Å². The first-order chi connectivity index (χ1) is 9.54. The van der Waals surface area contributed by atoms with Crippen LogP contribution in [0.3, 0.4) is 0 Å². The Morgan fingerprint density at radius 2 is 2.05 bits per heavy atom. The van der Waals surface area contributed by atoms with Gasteiger partial charge in [0.15, 0.2) is 0 Å². The molecule has 5 heteroatoms. The van der Waals surface area contributed by atoms with E-state index >= 15 is 0 Å². The number of rotatable bonds is 4. The van der Waals surface area contributed by atoms with E-state index in [9.17, 15) is 14.9 Å². The molecule has 0 aliphatic heterocycles. The van der Waals surface area contributed by atoms with Crippen LogP contribution in [0.4, 0.5) is 5.69 Å². The van der Waals surface area contributed by atoms with E-state index in [1.807, 2.05) is 11.8 Å². The average Bonchev–Trinajstić information content (AvgIpc) is 2.93. The Labute approximate surface area is 118 Å². The SMILES string of the molecule is CCN(C(=O)c1ccc(C)c([N+](=O)[O-])c1)C1CCCC1. The lowest BCUT2D eigenvalue weighted by Gasteiger charge is -2.27. The zero-order valence-electron chi connectivity index (χ0n) is 12.0. The van der Waals surface area contributed by atoms with Crippen LogP contribution in [-0.4, -0.2) is 28.3 Å². The van der Waals surface area contributed by atoms with Crippen LogP contribution in [0, 0.1) is 17.0 Å². The van der Waals surface area contributed by atoms with Crippen LogP contribution in [0.1, 0.15) is 48.5 Å². The van der Waals surface area contributed by atoms with Gasteiger partial charge in [-0.1, -0.05) is 18.9 Å². The number of hydrogen-bond donors (Lipinski definition) is 0. The summed E-state index contributed by atoms with van der Waals surface area (Å²) in [5.74, 6) is -0.0949. The molecule has 0 heterocycles. The van der Waals surface area contributed by atoms with Gasteiger partial charge in [-0.05, 0) is 32.8 Å². The number of nitro groups is 1. The van der Waals surface area contributed by atoms with E-state index in [-0.39, 0.29) is 17.6 Å². The largest absolute Gasteiger partial charge is 0.336 e. The summed E-state index contributed by atoms with van der Waals surface area (Å²) < 4.78 is 0. The Bertz CT molecular complexity index is 522. The first kappa shape index (κ1) is 14.5. The van der Waals surface area contributed by atoms with Crippen LogP contribution in [0.2, 0.25) is 0 Å². The highest BCUT2D eigenvalue weighted by atomic mass is 16.6. The van der Waals surface area contributed by atoms with Crippen LogP contribution in [0.15, 0.2) is 18.2 Å². The first-order valence-electron chi connectivity index (χ1n) is 7.10. The van der Waals surface area contributed by atoms with Gasteiger partial charge in [0.25, 0.3) is 11.6 Å². The fourth-order valence-electron chi connectivity index (χ4n) is 2.89. The number of amides is 1. The lowest BCUT2D eigenvalue weighted by molar-refractivity contribution is -0.385. The summed E-state index contributed by atoms with van der Waals surface area (Å²) in [4.78, 5) is 24.9. The lowest BCUT2D eigenvalue weighted by atomic mass is 10.1. The van der Waals surface area contributed by atoms with Crippen molar-refractivity contribution in [2.75, 3.05) is 6.54 Å². The van der Waals surface area contributed by atoms with Gasteiger partial charge in [0.2, 0.25) is 0 Å². The number of carbonyl (C=O) groups excluding carboxylic acids is 1. The molecule has 0 radical (unpaired) electrons. The topological polar surface area (TPSA) is 63.5 Å². The molecule has 1 aliphatic carbocycles. The van der Waals surface area contributed by atoms with Gasteiger partial charge < -0.3 is 4.90 Å². The second kappa shape index (κ2) is 6.03. The fraction of sp³-hybridized carbons (Fsp3) is 0.533. The van der Waals surface area contributed by atoms with E-state index in [1.54, 1.807) is 19.1 Å². The third-order valence-electron chi connectivity index (χ3n) is 4.02. The lowest BCUT2D eigenvalue weighted by Crippen LogP contribution is -2.38. The zero-order chi connectivity index (χ0) is 14.7. The third-order valence-corrected chi connectivity index (χ3v) is 4.02. The molecule has 0 aromatic heterocycles. The Hall–Kier alpha value is -1.91. The van der Waals surface area contributed by atoms with Gasteiger partial charge in [-0.15, -0.1) is 0 Å². The quantitative estimate of drug-likeness (QED) is 0.626. The molecule has 1 amide bonds. The Morgan fingerprint density at radius 1 is 1.40 bits per heavy atom. The monoisotopic (exact) mass is 276 g/mol. The van der Waals surface area contributed by atoms with E-state index < -0.39 is 4.92 Å². The molecule has 20 heavy (non-hydrogen) atoms. The molecule has 2 rings (SSSR count). The maximum absolute atomic E-state index is 12.6. The minimum atomic E-state index is -0.433.